The largest absolute Gasteiger partial charge is 0.396 e. The van der Waals surface area contributed by atoms with Crippen LogP contribution in [-0.2, 0) is 4.74 Å². The van der Waals surface area contributed by atoms with Gasteiger partial charge in [-0.05, 0) is 6.42 Å². The summed E-state index contributed by atoms with van der Waals surface area (Å²) >= 11 is 0. The molecule has 0 aromatic carbocycles. The van der Waals surface area contributed by atoms with E-state index in [1.54, 1.807) is 13.7 Å². The summed E-state index contributed by atoms with van der Waals surface area (Å²) in [7, 11) is 1.57. The van der Waals surface area contributed by atoms with Gasteiger partial charge in [0.15, 0.2) is 0 Å². The van der Waals surface area contributed by atoms with Gasteiger partial charge in [-0.1, -0.05) is 0 Å². The lowest BCUT2D eigenvalue weighted by atomic mass is 10.5. The van der Waals surface area contributed by atoms with Crippen LogP contribution in [0, 0.1) is 6.61 Å². The van der Waals surface area contributed by atoms with Crippen molar-refractivity contribution in [3.8, 4) is 0 Å². The highest BCUT2D eigenvalue weighted by Gasteiger charge is 1.76. The van der Waals surface area contributed by atoms with E-state index in [1.807, 2.05) is 0 Å². The highest BCUT2D eigenvalue weighted by Crippen LogP contribution is 1.81. The molecule has 0 spiro atoms. The first-order valence-corrected chi connectivity index (χ1v) is 1.87. The Hall–Kier alpha value is -0.0800. The Bertz CT molecular complexity index is 17.5. The first-order chi connectivity index (χ1) is 2.91. The smallest absolute Gasteiger partial charge is 0.0855 e. The fourth-order valence-electron chi connectivity index (χ4n) is 0.171. The molecule has 0 fully saturated rings. The van der Waals surface area contributed by atoms with E-state index in [4.69, 9.17) is 5.11 Å². The average molecular weight is 89.1 g/mol. The number of ether oxygens (including phenoxy) is 1. The van der Waals surface area contributed by atoms with Crippen molar-refractivity contribution in [2.24, 2.45) is 0 Å². The minimum absolute atomic E-state index is 0.174. The highest BCUT2D eigenvalue weighted by atomic mass is 16.5. The van der Waals surface area contributed by atoms with Gasteiger partial charge in [0.05, 0.1) is 6.61 Å². The number of methoxy groups -OCH3 is 1. The lowest BCUT2D eigenvalue weighted by Gasteiger charge is -1.87. The predicted octanol–water partition coefficient (Wildman–Crippen LogP) is 0.177. The van der Waals surface area contributed by atoms with Gasteiger partial charge in [0.2, 0.25) is 0 Å². The third-order valence-corrected chi connectivity index (χ3v) is 0.414. The fourth-order valence-corrected chi connectivity index (χ4v) is 0.171. The minimum Gasteiger partial charge on any atom is -0.396 e. The third-order valence-electron chi connectivity index (χ3n) is 0.414. The SMILES string of the molecule is CO[CH]CCO. The molecule has 1 radical (unpaired) electrons. The van der Waals surface area contributed by atoms with Crippen molar-refractivity contribution < 1.29 is 9.84 Å². The molecule has 0 saturated heterocycles. The molecule has 6 heavy (non-hydrogen) atoms. The van der Waals surface area contributed by atoms with Crippen LogP contribution in [0.3, 0.4) is 0 Å². The molecule has 0 aliphatic heterocycles. The lowest BCUT2D eigenvalue weighted by molar-refractivity contribution is 0.223. The number of aliphatic hydroxyl groups excluding tert-OH is 1. The van der Waals surface area contributed by atoms with E-state index in [0.717, 1.165) is 0 Å². The average Bonchev–Trinajstić information content (AvgIpc) is 1.61. The summed E-state index contributed by atoms with van der Waals surface area (Å²) in [6.45, 7) is 1.73. The molecule has 2 nitrogen and oxygen atoms in total. The van der Waals surface area contributed by atoms with Gasteiger partial charge < -0.3 is 9.84 Å². The van der Waals surface area contributed by atoms with Crippen LogP contribution in [0.1, 0.15) is 6.42 Å². The van der Waals surface area contributed by atoms with Crippen molar-refractivity contribution in [2.75, 3.05) is 13.7 Å². The van der Waals surface area contributed by atoms with Crippen LogP contribution in [0.4, 0.5) is 0 Å². The fraction of sp³-hybridized carbons (Fsp3) is 0.750. The number of hydrogen-bond acceptors (Lipinski definition) is 2. The zero-order valence-electron chi connectivity index (χ0n) is 3.85. The van der Waals surface area contributed by atoms with Gasteiger partial charge in [0, 0.05) is 13.7 Å². The van der Waals surface area contributed by atoms with E-state index in [0.29, 0.717) is 6.42 Å². The summed E-state index contributed by atoms with van der Waals surface area (Å²) in [6, 6.07) is 0. The van der Waals surface area contributed by atoms with Crippen LogP contribution in [-0.4, -0.2) is 18.8 Å². The van der Waals surface area contributed by atoms with Gasteiger partial charge in [-0.3, -0.25) is 0 Å². The highest BCUT2D eigenvalue weighted by molar-refractivity contribution is 4.43. The van der Waals surface area contributed by atoms with Crippen LogP contribution < -0.4 is 0 Å². The van der Waals surface area contributed by atoms with Crippen molar-refractivity contribution in [3.63, 3.8) is 0 Å². The normalized spacial score (nSPS) is 9.00. The molecule has 0 aliphatic rings. The van der Waals surface area contributed by atoms with Crippen LogP contribution in [0.15, 0.2) is 0 Å². The molecule has 1 N–H and O–H groups in total. The number of hydrogen-bond donors (Lipinski definition) is 1. The van der Waals surface area contributed by atoms with Crippen molar-refractivity contribution >= 4 is 0 Å². The molecule has 0 heterocycles. The summed E-state index contributed by atoms with van der Waals surface area (Å²) in [5, 5.41) is 8.09. The molecule has 0 saturated carbocycles. The Morgan fingerprint density at radius 2 is 2.50 bits per heavy atom. The molecule has 0 bridgehead atoms. The molecule has 37 valence electrons. The van der Waals surface area contributed by atoms with Gasteiger partial charge in [0.25, 0.3) is 0 Å². The second-order valence-corrected chi connectivity index (χ2v) is 0.915. The van der Waals surface area contributed by atoms with Crippen molar-refractivity contribution in [3.05, 3.63) is 6.61 Å². The molecular formula is C4H9O2. The molecule has 0 amide bonds. The van der Waals surface area contributed by atoms with E-state index >= 15 is 0 Å². The summed E-state index contributed by atoms with van der Waals surface area (Å²) in [4.78, 5) is 0. The molecule has 0 unspecified atom stereocenters. The van der Waals surface area contributed by atoms with Gasteiger partial charge in [-0.2, -0.15) is 0 Å². The first-order valence-electron chi connectivity index (χ1n) is 1.87. The quantitative estimate of drug-likeness (QED) is 0.500. The molecule has 0 rings (SSSR count). The number of rotatable bonds is 3. The monoisotopic (exact) mass is 89.1 g/mol. The lowest BCUT2D eigenvalue weighted by Crippen LogP contribution is -1.83. The maximum atomic E-state index is 8.09. The third kappa shape index (κ3) is 3.92. The zero-order valence-corrected chi connectivity index (χ0v) is 3.85. The molecule has 0 atom stereocenters. The van der Waals surface area contributed by atoms with Crippen LogP contribution in [0.25, 0.3) is 0 Å². The van der Waals surface area contributed by atoms with Crippen LogP contribution >= 0.6 is 0 Å². The minimum atomic E-state index is 0.174. The maximum Gasteiger partial charge on any atom is 0.0855 e. The molecule has 0 aromatic rings. The van der Waals surface area contributed by atoms with E-state index < -0.39 is 0 Å². The van der Waals surface area contributed by atoms with Crippen LogP contribution in [0.2, 0.25) is 0 Å². The Morgan fingerprint density at radius 1 is 1.83 bits per heavy atom. The Balaban J connectivity index is 2.34. The second kappa shape index (κ2) is 4.92. The molecular weight excluding hydrogens is 80.0 g/mol. The molecule has 0 aliphatic carbocycles. The van der Waals surface area contributed by atoms with Gasteiger partial charge in [-0.15, -0.1) is 0 Å². The summed E-state index contributed by atoms with van der Waals surface area (Å²) in [5.41, 5.74) is 0. The van der Waals surface area contributed by atoms with Gasteiger partial charge in [-0.25, -0.2) is 0 Å². The Labute approximate surface area is 37.7 Å². The van der Waals surface area contributed by atoms with E-state index in [2.05, 4.69) is 4.74 Å². The summed E-state index contributed by atoms with van der Waals surface area (Å²) in [5.74, 6) is 0. The van der Waals surface area contributed by atoms with Crippen LogP contribution in [0.5, 0.6) is 0 Å². The Morgan fingerprint density at radius 3 is 2.67 bits per heavy atom. The van der Waals surface area contributed by atoms with Crippen molar-refractivity contribution in [2.45, 2.75) is 6.42 Å². The van der Waals surface area contributed by atoms with Gasteiger partial charge >= 0.3 is 0 Å². The Kier molecular flexibility index (Phi) is 4.85. The van der Waals surface area contributed by atoms with Crippen molar-refractivity contribution in [1.82, 2.24) is 0 Å². The first kappa shape index (κ1) is 5.92. The predicted molar refractivity (Wildman–Crippen MR) is 23.0 cm³/mol. The summed E-state index contributed by atoms with van der Waals surface area (Å²) < 4.78 is 4.50. The number of aliphatic hydroxyl groups is 1. The van der Waals surface area contributed by atoms with E-state index in [-0.39, 0.29) is 6.61 Å². The molecule has 2 heteroatoms. The maximum absolute atomic E-state index is 8.09. The van der Waals surface area contributed by atoms with Crippen molar-refractivity contribution in [1.29, 1.82) is 0 Å². The standard InChI is InChI=1S/C4H9O2/c1-6-4-2-3-5/h4-5H,2-3H2,1H3. The second-order valence-electron chi connectivity index (χ2n) is 0.915. The molecule has 0 aromatic heterocycles. The summed E-state index contributed by atoms with van der Waals surface area (Å²) in [6.07, 6.45) is 0.622. The van der Waals surface area contributed by atoms with E-state index in [1.165, 1.54) is 0 Å². The van der Waals surface area contributed by atoms with Gasteiger partial charge in [0.1, 0.15) is 0 Å². The zero-order chi connectivity index (χ0) is 4.83. The van der Waals surface area contributed by atoms with E-state index in [9.17, 15) is 0 Å². The topological polar surface area (TPSA) is 29.5 Å².